The van der Waals surface area contributed by atoms with Gasteiger partial charge in [0.05, 0.1) is 6.61 Å². The molecule has 18 heavy (non-hydrogen) atoms. The van der Waals surface area contributed by atoms with Gasteiger partial charge in [0.2, 0.25) is 0 Å². The number of hydrogen-bond donors (Lipinski definition) is 1. The van der Waals surface area contributed by atoms with Gasteiger partial charge in [-0.1, -0.05) is 37.0 Å². The minimum Gasteiger partial charge on any atom is -0.487 e. The lowest BCUT2D eigenvalue weighted by Crippen LogP contribution is -2.38. The Labute approximate surface area is 118 Å². The largest absolute Gasteiger partial charge is 0.487 e. The highest BCUT2D eigenvalue weighted by atomic mass is 35.5. The number of methoxy groups -OCH3 is 1. The molecular formula is C13H19Cl2NO2. The lowest BCUT2D eigenvalue weighted by Gasteiger charge is -2.20. The number of rotatable bonds is 7. The first-order valence-corrected chi connectivity index (χ1v) is 6.62. The summed E-state index contributed by atoms with van der Waals surface area (Å²) in [6, 6.07) is 5.56. The standard InChI is InChI=1S/C13H19Cl2NO2/c1-9(2)16-7-13(8-17-3)18-12-5-10(14)4-11(15)6-12/h4-6,9,13,16H,7-8H2,1-3H3. The maximum atomic E-state index is 5.93. The van der Waals surface area contributed by atoms with Gasteiger partial charge < -0.3 is 14.8 Å². The summed E-state index contributed by atoms with van der Waals surface area (Å²) in [4.78, 5) is 0. The first kappa shape index (κ1) is 15.6. The van der Waals surface area contributed by atoms with E-state index in [0.717, 1.165) is 0 Å². The van der Waals surface area contributed by atoms with Gasteiger partial charge in [0.25, 0.3) is 0 Å². The van der Waals surface area contributed by atoms with E-state index in [-0.39, 0.29) is 6.10 Å². The van der Waals surface area contributed by atoms with Crippen LogP contribution in [0.5, 0.6) is 5.75 Å². The predicted octanol–water partition coefficient (Wildman–Crippen LogP) is 3.39. The van der Waals surface area contributed by atoms with Crippen molar-refractivity contribution in [2.24, 2.45) is 0 Å². The van der Waals surface area contributed by atoms with Gasteiger partial charge in [-0.3, -0.25) is 0 Å². The van der Waals surface area contributed by atoms with Crippen LogP contribution >= 0.6 is 23.2 Å². The summed E-state index contributed by atoms with van der Waals surface area (Å²) in [5, 5.41) is 4.43. The summed E-state index contributed by atoms with van der Waals surface area (Å²) < 4.78 is 10.9. The molecule has 1 aromatic carbocycles. The van der Waals surface area contributed by atoms with Crippen LogP contribution in [0.25, 0.3) is 0 Å². The zero-order valence-corrected chi connectivity index (χ0v) is 12.4. The van der Waals surface area contributed by atoms with Crippen LogP contribution in [0.4, 0.5) is 0 Å². The quantitative estimate of drug-likeness (QED) is 0.835. The topological polar surface area (TPSA) is 30.5 Å². The third kappa shape index (κ3) is 5.91. The van der Waals surface area contributed by atoms with Crippen LogP contribution in [-0.4, -0.2) is 32.4 Å². The molecule has 0 bridgehead atoms. The molecule has 1 aromatic rings. The first-order valence-electron chi connectivity index (χ1n) is 5.86. The van der Waals surface area contributed by atoms with Crippen molar-refractivity contribution in [3.63, 3.8) is 0 Å². The van der Waals surface area contributed by atoms with Crippen LogP contribution in [0.15, 0.2) is 18.2 Å². The first-order chi connectivity index (χ1) is 8.51. The van der Waals surface area contributed by atoms with Crippen molar-refractivity contribution in [2.45, 2.75) is 26.0 Å². The zero-order chi connectivity index (χ0) is 13.5. The molecule has 5 heteroatoms. The Bertz CT molecular complexity index is 352. The van der Waals surface area contributed by atoms with E-state index >= 15 is 0 Å². The van der Waals surface area contributed by atoms with Crippen LogP contribution in [0.3, 0.4) is 0 Å². The lowest BCUT2D eigenvalue weighted by molar-refractivity contribution is 0.0794. The van der Waals surface area contributed by atoms with Crippen molar-refractivity contribution in [1.82, 2.24) is 5.32 Å². The van der Waals surface area contributed by atoms with Crippen molar-refractivity contribution in [1.29, 1.82) is 0 Å². The molecule has 1 N–H and O–H groups in total. The van der Waals surface area contributed by atoms with Gasteiger partial charge in [-0.2, -0.15) is 0 Å². The molecule has 0 heterocycles. The second kappa shape index (κ2) is 7.85. The van der Waals surface area contributed by atoms with Gasteiger partial charge in [-0.05, 0) is 18.2 Å². The molecule has 0 aliphatic carbocycles. The summed E-state index contributed by atoms with van der Waals surface area (Å²) in [7, 11) is 1.65. The number of nitrogens with one attached hydrogen (secondary N) is 1. The second-order valence-electron chi connectivity index (χ2n) is 4.36. The molecule has 0 aliphatic rings. The van der Waals surface area contributed by atoms with Gasteiger partial charge in [0, 0.05) is 29.7 Å². The summed E-state index contributed by atoms with van der Waals surface area (Å²) in [6.07, 6.45) is -0.0769. The van der Waals surface area contributed by atoms with Crippen LogP contribution in [0.2, 0.25) is 10.0 Å². The van der Waals surface area contributed by atoms with E-state index < -0.39 is 0 Å². The average Bonchev–Trinajstić information content (AvgIpc) is 2.24. The van der Waals surface area contributed by atoms with E-state index in [9.17, 15) is 0 Å². The molecule has 0 fully saturated rings. The number of benzene rings is 1. The van der Waals surface area contributed by atoms with Gasteiger partial charge in [-0.25, -0.2) is 0 Å². The Morgan fingerprint density at radius 1 is 1.17 bits per heavy atom. The van der Waals surface area contributed by atoms with Gasteiger partial charge in [0.1, 0.15) is 11.9 Å². The van der Waals surface area contributed by atoms with E-state index in [4.69, 9.17) is 32.7 Å². The maximum Gasteiger partial charge on any atom is 0.134 e. The third-order valence-electron chi connectivity index (χ3n) is 2.25. The van der Waals surface area contributed by atoms with Crippen molar-refractivity contribution < 1.29 is 9.47 Å². The van der Waals surface area contributed by atoms with Gasteiger partial charge in [0.15, 0.2) is 0 Å². The average molecular weight is 292 g/mol. The molecular weight excluding hydrogens is 273 g/mol. The molecule has 0 aliphatic heterocycles. The van der Waals surface area contributed by atoms with Crippen molar-refractivity contribution in [2.75, 3.05) is 20.3 Å². The normalized spacial score (nSPS) is 12.8. The summed E-state index contributed by atoms with van der Waals surface area (Å²) in [5.41, 5.74) is 0. The predicted molar refractivity (Wildman–Crippen MR) is 75.9 cm³/mol. The van der Waals surface area contributed by atoms with E-state index in [2.05, 4.69) is 19.2 Å². The van der Waals surface area contributed by atoms with Crippen LogP contribution in [-0.2, 0) is 4.74 Å². The van der Waals surface area contributed by atoms with Crippen LogP contribution < -0.4 is 10.1 Å². The third-order valence-corrected chi connectivity index (χ3v) is 2.68. The summed E-state index contributed by atoms with van der Waals surface area (Å²) >= 11 is 11.9. The highest BCUT2D eigenvalue weighted by Crippen LogP contribution is 2.24. The van der Waals surface area contributed by atoms with Gasteiger partial charge >= 0.3 is 0 Å². The van der Waals surface area contributed by atoms with E-state index in [0.29, 0.717) is 35.0 Å². The smallest absolute Gasteiger partial charge is 0.134 e. The lowest BCUT2D eigenvalue weighted by atomic mass is 10.3. The maximum absolute atomic E-state index is 5.93. The van der Waals surface area contributed by atoms with Crippen molar-refractivity contribution in [3.8, 4) is 5.75 Å². The van der Waals surface area contributed by atoms with Crippen molar-refractivity contribution >= 4 is 23.2 Å². The zero-order valence-electron chi connectivity index (χ0n) is 10.9. The van der Waals surface area contributed by atoms with E-state index in [1.165, 1.54) is 0 Å². The molecule has 1 unspecified atom stereocenters. The number of hydrogen-bond acceptors (Lipinski definition) is 3. The fourth-order valence-electron chi connectivity index (χ4n) is 1.48. The van der Waals surface area contributed by atoms with Gasteiger partial charge in [-0.15, -0.1) is 0 Å². The van der Waals surface area contributed by atoms with Crippen molar-refractivity contribution in [3.05, 3.63) is 28.2 Å². The SMILES string of the molecule is COCC(CNC(C)C)Oc1cc(Cl)cc(Cl)c1. The van der Waals surface area contributed by atoms with E-state index in [1.54, 1.807) is 25.3 Å². The van der Waals surface area contributed by atoms with Crippen LogP contribution in [0.1, 0.15) is 13.8 Å². The molecule has 0 aromatic heterocycles. The molecule has 1 atom stereocenters. The number of ether oxygens (including phenoxy) is 2. The minimum absolute atomic E-state index is 0.0769. The molecule has 102 valence electrons. The summed E-state index contributed by atoms with van der Waals surface area (Å²) in [5.74, 6) is 0.653. The Hall–Kier alpha value is -0.480. The molecule has 0 amide bonds. The molecule has 1 rings (SSSR count). The molecule has 0 spiro atoms. The monoisotopic (exact) mass is 291 g/mol. The Balaban J connectivity index is 2.63. The fraction of sp³-hybridized carbons (Fsp3) is 0.538. The Kier molecular flexibility index (Phi) is 6.79. The van der Waals surface area contributed by atoms with E-state index in [1.807, 2.05) is 0 Å². The summed E-state index contributed by atoms with van der Waals surface area (Å²) in [6.45, 7) is 5.37. The molecule has 0 saturated heterocycles. The molecule has 0 radical (unpaired) electrons. The Morgan fingerprint density at radius 3 is 2.28 bits per heavy atom. The fourth-order valence-corrected chi connectivity index (χ4v) is 1.98. The number of halogens is 2. The molecule has 0 saturated carbocycles. The Morgan fingerprint density at radius 2 is 1.78 bits per heavy atom. The second-order valence-corrected chi connectivity index (χ2v) is 5.24. The van der Waals surface area contributed by atoms with Crippen LogP contribution in [0, 0.1) is 0 Å². The molecule has 3 nitrogen and oxygen atoms in total. The minimum atomic E-state index is -0.0769. The highest BCUT2D eigenvalue weighted by molar-refractivity contribution is 6.34. The highest BCUT2D eigenvalue weighted by Gasteiger charge is 2.11.